The van der Waals surface area contributed by atoms with E-state index >= 15 is 0 Å². The van der Waals surface area contributed by atoms with E-state index in [1.165, 1.54) is 0 Å². The van der Waals surface area contributed by atoms with Crippen molar-refractivity contribution in [2.75, 3.05) is 13.6 Å². The molecule has 2 fully saturated rings. The van der Waals surface area contributed by atoms with Gasteiger partial charge in [0.2, 0.25) is 5.91 Å². The maximum atomic E-state index is 12.7. The summed E-state index contributed by atoms with van der Waals surface area (Å²) in [6, 6.07) is 2.30. The molecule has 0 bridgehead atoms. The van der Waals surface area contributed by atoms with Crippen LogP contribution < -0.4 is 0 Å². The van der Waals surface area contributed by atoms with Gasteiger partial charge in [0.15, 0.2) is 0 Å². The Morgan fingerprint density at radius 1 is 1.10 bits per heavy atom. The monoisotopic (exact) mass is 278 g/mol. The molecule has 1 N–H and O–H groups in total. The standard InChI is InChI=1S/C16H26N2O2/c1-18(13-16(20)10-6-7-11-16)14(19)15(12-17)8-4-2-3-5-9-15/h20H,2-11,13H2,1H3. The lowest BCUT2D eigenvalue weighted by Gasteiger charge is -2.34. The molecule has 0 heterocycles. The van der Waals surface area contributed by atoms with Crippen LogP contribution in [0.1, 0.15) is 64.2 Å². The van der Waals surface area contributed by atoms with Crippen molar-refractivity contribution in [3.63, 3.8) is 0 Å². The Bertz CT molecular complexity index is 386. The van der Waals surface area contributed by atoms with Gasteiger partial charge in [-0.25, -0.2) is 0 Å². The van der Waals surface area contributed by atoms with Crippen molar-refractivity contribution in [1.82, 2.24) is 4.90 Å². The average Bonchev–Trinajstić information content (AvgIpc) is 2.73. The molecule has 2 saturated carbocycles. The third-order valence-electron chi connectivity index (χ3n) is 4.99. The van der Waals surface area contributed by atoms with E-state index in [4.69, 9.17) is 0 Å². The van der Waals surface area contributed by atoms with Crippen molar-refractivity contribution in [1.29, 1.82) is 5.26 Å². The van der Waals surface area contributed by atoms with Gasteiger partial charge < -0.3 is 10.0 Å². The maximum absolute atomic E-state index is 12.7. The molecule has 4 heteroatoms. The molecule has 0 saturated heterocycles. The molecule has 0 atom stereocenters. The Labute approximate surface area is 121 Å². The third-order valence-corrected chi connectivity index (χ3v) is 4.99. The molecule has 0 aliphatic heterocycles. The van der Waals surface area contributed by atoms with Gasteiger partial charge in [-0.15, -0.1) is 0 Å². The predicted molar refractivity (Wildman–Crippen MR) is 76.8 cm³/mol. The second-order valence-electron chi connectivity index (χ2n) is 6.70. The number of rotatable bonds is 3. The van der Waals surface area contributed by atoms with Gasteiger partial charge in [-0.05, 0) is 25.7 Å². The first-order chi connectivity index (χ1) is 9.51. The Hall–Kier alpha value is -1.08. The van der Waals surface area contributed by atoms with Crippen LogP contribution in [0.5, 0.6) is 0 Å². The van der Waals surface area contributed by atoms with Crippen LogP contribution >= 0.6 is 0 Å². The molecule has 0 unspecified atom stereocenters. The molecular formula is C16H26N2O2. The average molecular weight is 278 g/mol. The highest BCUT2D eigenvalue weighted by molar-refractivity contribution is 5.85. The van der Waals surface area contributed by atoms with Crippen molar-refractivity contribution < 1.29 is 9.90 Å². The van der Waals surface area contributed by atoms with Gasteiger partial charge in [0.25, 0.3) is 0 Å². The molecule has 4 nitrogen and oxygen atoms in total. The highest BCUT2D eigenvalue weighted by Gasteiger charge is 2.43. The fraction of sp³-hybridized carbons (Fsp3) is 0.875. The molecular weight excluding hydrogens is 252 g/mol. The first-order valence-electron chi connectivity index (χ1n) is 7.91. The highest BCUT2D eigenvalue weighted by Crippen LogP contribution is 2.37. The lowest BCUT2D eigenvalue weighted by molar-refractivity contribution is -0.141. The Kier molecular flexibility index (Phi) is 4.70. The van der Waals surface area contributed by atoms with E-state index in [2.05, 4.69) is 6.07 Å². The summed E-state index contributed by atoms with van der Waals surface area (Å²) >= 11 is 0. The zero-order chi connectivity index (χ0) is 14.6. The van der Waals surface area contributed by atoms with Crippen molar-refractivity contribution >= 4 is 5.91 Å². The van der Waals surface area contributed by atoms with Crippen LogP contribution in [0, 0.1) is 16.7 Å². The van der Waals surface area contributed by atoms with Crippen LogP contribution in [-0.2, 0) is 4.79 Å². The largest absolute Gasteiger partial charge is 0.388 e. The SMILES string of the molecule is CN(CC1(O)CCCC1)C(=O)C1(C#N)CCCCCC1. The number of nitriles is 1. The molecule has 0 aromatic heterocycles. The molecule has 2 aliphatic rings. The van der Waals surface area contributed by atoms with E-state index in [0.29, 0.717) is 19.4 Å². The van der Waals surface area contributed by atoms with Crippen LogP contribution in [0.2, 0.25) is 0 Å². The first kappa shape index (κ1) is 15.3. The van der Waals surface area contributed by atoms with Gasteiger partial charge in [-0.3, -0.25) is 4.79 Å². The molecule has 1 amide bonds. The number of carbonyl (C=O) groups excluding carboxylic acids is 1. The summed E-state index contributed by atoms with van der Waals surface area (Å²) in [6.07, 6.45) is 9.08. The molecule has 0 radical (unpaired) electrons. The Balaban J connectivity index is 2.05. The molecule has 0 aromatic rings. The smallest absolute Gasteiger partial charge is 0.242 e. The Morgan fingerprint density at radius 3 is 2.10 bits per heavy atom. The van der Waals surface area contributed by atoms with Crippen molar-refractivity contribution in [3.8, 4) is 6.07 Å². The zero-order valence-corrected chi connectivity index (χ0v) is 12.5. The van der Waals surface area contributed by atoms with E-state index in [-0.39, 0.29) is 5.91 Å². The molecule has 20 heavy (non-hydrogen) atoms. The summed E-state index contributed by atoms with van der Waals surface area (Å²) in [5.41, 5.74) is -1.58. The summed E-state index contributed by atoms with van der Waals surface area (Å²) in [4.78, 5) is 14.3. The summed E-state index contributed by atoms with van der Waals surface area (Å²) in [5, 5.41) is 20.0. The van der Waals surface area contributed by atoms with E-state index in [0.717, 1.165) is 51.4 Å². The molecule has 0 aromatic carbocycles. The van der Waals surface area contributed by atoms with Crippen LogP contribution in [0.25, 0.3) is 0 Å². The number of likely N-dealkylation sites (N-methyl/N-ethyl adjacent to an activating group) is 1. The minimum absolute atomic E-state index is 0.0813. The second-order valence-corrected chi connectivity index (χ2v) is 6.70. The lowest BCUT2D eigenvalue weighted by Crippen LogP contribution is -2.47. The van der Waals surface area contributed by atoms with Gasteiger partial charge >= 0.3 is 0 Å². The molecule has 0 spiro atoms. The lowest BCUT2D eigenvalue weighted by atomic mass is 9.80. The third kappa shape index (κ3) is 3.15. The number of nitrogens with zero attached hydrogens (tertiary/aromatic N) is 2. The molecule has 112 valence electrons. The van der Waals surface area contributed by atoms with E-state index < -0.39 is 11.0 Å². The quantitative estimate of drug-likeness (QED) is 0.807. The number of hydrogen-bond acceptors (Lipinski definition) is 3. The van der Waals surface area contributed by atoms with Gasteiger partial charge in [-0.1, -0.05) is 38.5 Å². The fourth-order valence-corrected chi connectivity index (χ4v) is 3.78. The van der Waals surface area contributed by atoms with Gasteiger partial charge in [0.05, 0.1) is 11.7 Å². The van der Waals surface area contributed by atoms with Gasteiger partial charge in [0, 0.05) is 13.6 Å². The second kappa shape index (κ2) is 6.13. The number of hydrogen-bond donors (Lipinski definition) is 1. The van der Waals surface area contributed by atoms with E-state index in [9.17, 15) is 15.2 Å². The highest BCUT2D eigenvalue weighted by atomic mass is 16.3. The zero-order valence-electron chi connectivity index (χ0n) is 12.5. The van der Waals surface area contributed by atoms with Crippen LogP contribution in [-0.4, -0.2) is 35.1 Å². The summed E-state index contributed by atoms with van der Waals surface area (Å²) in [5.74, 6) is -0.0813. The minimum Gasteiger partial charge on any atom is -0.388 e. The topological polar surface area (TPSA) is 64.3 Å². The fourth-order valence-electron chi connectivity index (χ4n) is 3.78. The number of aliphatic hydroxyl groups is 1. The van der Waals surface area contributed by atoms with Crippen LogP contribution in [0.15, 0.2) is 0 Å². The summed E-state index contributed by atoms with van der Waals surface area (Å²) < 4.78 is 0. The van der Waals surface area contributed by atoms with Gasteiger partial charge in [-0.2, -0.15) is 5.26 Å². The van der Waals surface area contributed by atoms with E-state index in [1.54, 1.807) is 11.9 Å². The Morgan fingerprint density at radius 2 is 1.60 bits per heavy atom. The van der Waals surface area contributed by atoms with Crippen molar-refractivity contribution in [3.05, 3.63) is 0 Å². The van der Waals surface area contributed by atoms with Crippen LogP contribution in [0.4, 0.5) is 0 Å². The molecule has 2 aliphatic carbocycles. The first-order valence-corrected chi connectivity index (χ1v) is 7.91. The van der Waals surface area contributed by atoms with Crippen molar-refractivity contribution in [2.24, 2.45) is 5.41 Å². The predicted octanol–water partition coefficient (Wildman–Crippen LogP) is 2.61. The number of carbonyl (C=O) groups is 1. The number of amides is 1. The summed E-state index contributed by atoms with van der Waals surface area (Å²) in [6.45, 7) is 0.370. The molecule has 2 rings (SSSR count). The van der Waals surface area contributed by atoms with E-state index in [1.807, 2.05) is 0 Å². The van der Waals surface area contributed by atoms with Gasteiger partial charge in [0.1, 0.15) is 5.41 Å². The summed E-state index contributed by atoms with van der Waals surface area (Å²) in [7, 11) is 1.74. The minimum atomic E-state index is -0.847. The normalized spacial score (nSPS) is 24.6. The maximum Gasteiger partial charge on any atom is 0.242 e. The van der Waals surface area contributed by atoms with Crippen LogP contribution in [0.3, 0.4) is 0 Å². The van der Waals surface area contributed by atoms with Crippen molar-refractivity contribution in [2.45, 2.75) is 69.8 Å².